The molecule has 0 saturated carbocycles. The molecule has 0 atom stereocenters. The van der Waals surface area contributed by atoms with Gasteiger partial charge in [-0.2, -0.15) is 0 Å². The van der Waals surface area contributed by atoms with Crippen LogP contribution in [0.5, 0.6) is 0 Å². The Morgan fingerprint density at radius 2 is 1.96 bits per heavy atom. The molecule has 128 valence electrons. The summed E-state index contributed by atoms with van der Waals surface area (Å²) in [5.74, 6) is 2.40. The maximum atomic E-state index is 4.62. The van der Waals surface area contributed by atoms with E-state index in [9.17, 15) is 0 Å². The number of hydrogen-bond acceptors (Lipinski definition) is 8. The van der Waals surface area contributed by atoms with Gasteiger partial charge in [-0.15, -0.1) is 11.3 Å². The Bertz CT molecular complexity index is 863. The van der Waals surface area contributed by atoms with E-state index in [0.717, 1.165) is 54.0 Å². The van der Waals surface area contributed by atoms with Crippen LogP contribution in [-0.2, 0) is 19.4 Å². The summed E-state index contributed by atoms with van der Waals surface area (Å²) < 4.78 is 0. The molecule has 1 aliphatic heterocycles. The second-order valence-corrected chi connectivity index (χ2v) is 6.72. The molecule has 0 amide bonds. The maximum Gasteiger partial charge on any atom is 0.188 e. The molecule has 2 N–H and O–H groups in total. The van der Waals surface area contributed by atoms with Crippen molar-refractivity contribution in [2.45, 2.75) is 26.3 Å². The summed E-state index contributed by atoms with van der Waals surface area (Å²) in [5, 5.41) is 9.73. The summed E-state index contributed by atoms with van der Waals surface area (Å²) in [7, 11) is 0. The molecule has 0 spiro atoms. The van der Waals surface area contributed by atoms with E-state index >= 15 is 0 Å². The van der Waals surface area contributed by atoms with Gasteiger partial charge in [-0.3, -0.25) is 0 Å². The van der Waals surface area contributed by atoms with Crippen LogP contribution in [0.15, 0.2) is 23.8 Å². The Kier molecular flexibility index (Phi) is 4.62. The normalized spacial score (nSPS) is 14.0. The second kappa shape index (κ2) is 7.20. The minimum absolute atomic E-state index is 0.625. The molecule has 0 bridgehead atoms. The van der Waals surface area contributed by atoms with Crippen molar-refractivity contribution in [3.8, 4) is 10.8 Å². The molecule has 4 rings (SSSR count). The summed E-state index contributed by atoms with van der Waals surface area (Å²) in [6, 6.07) is 1.80. The van der Waals surface area contributed by atoms with Gasteiger partial charge >= 0.3 is 0 Å². The lowest BCUT2D eigenvalue weighted by Gasteiger charge is -2.13. The number of thiazole rings is 1. The lowest BCUT2D eigenvalue weighted by Crippen LogP contribution is -2.16. The minimum Gasteiger partial charge on any atom is -0.364 e. The van der Waals surface area contributed by atoms with Crippen LogP contribution in [0.25, 0.3) is 10.8 Å². The number of anilines is 1. The Hall–Kier alpha value is -2.45. The van der Waals surface area contributed by atoms with Gasteiger partial charge in [0.25, 0.3) is 0 Å². The molecule has 7 nitrogen and oxygen atoms in total. The third-order valence-corrected chi connectivity index (χ3v) is 4.93. The highest BCUT2D eigenvalue weighted by molar-refractivity contribution is 7.13. The van der Waals surface area contributed by atoms with E-state index in [0.29, 0.717) is 12.4 Å². The lowest BCUT2D eigenvalue weighted by atomic mass is 10.1. The molecule has 8 heteroatoms. The highest BCUT2D eigenvalue weighted by atomic mass is 32.1. The molecule has 25 heavy (non-hydrogen) atoms. The summed E-state index contributed by atoms with van der Waals surface area (Å²) in [6.07, 6.45) is 5.35. The van der Waals surface area contributed by atoms with Crippen molar-refractivity contribution in [2.24, 2.45) is 0 Å². The van der Waals surface area contributed by atoms with Gasteiger partial charge in [0.05, 0.1) is 17.9 Å². The Morgan fingerprint density at radius 1 is 1.12 bits per heavy atom. The zero-order valence-corrected chi connectivity index (χ0v) is 14.8. The quantitative estimate of drug-likeness (QED) is 0.741. The number of aromatic nitrogens is 5. The van der Waals surface area contributed by atoms with Crippen molar-refractivity contribution >= 4 is 17.2 Å². The molecule has 0 saturated heterocycles. The average molecular weight is 353 g/mol. The largest absolute Gasteiger partial charge is 0.364 e. The van der Waals surface area contributed by atoms with Gasteiger partial charge in [0.1, 0.15) is 11.6 Å². The SMILES string of the molecule is Cc1nc2c(c(NCc3csc(-c4ncccn4)n3)n1)CCNCC2. The smallest absolute Gasteiger partial charge is 0.188 e. The Labute approximate surface area is 150 Å². The van der Waals surface area contributed by atoms with Crippen molar-refractivity contribution < 1.29 is 0 Å². The van der Waals surface area contributed by atoms with Crippen molar-refractivity contribution in [3.63, 3.8) is 0 Å². The summed E-state index contributed by atoms with van der Waals surface area (Å²) in [6.45, 7) is 4.49. The van der Waals surface area contributed by atoms with Crippen molar-refractivity contribution in [3.05, 3.63) is 46.6 Å². The molecule has 0 radical (unpaired) electrons. The topological polar surface area (TPSA) is 88.5 Å². The molecular weight excluding hydrogens is 334 g/mol. The first kappa shape index (κ1) is 16.0. The zero-order chi connectivity index (χ0) is 17.1. The van der Waals surface area contributed by atoms with Gasteiger partial charge < -0.3 is 10.6 Å². The molecule has 3 aromatic heterocycles. The van der Waals surface area contributed by atoms with Gasteiger partial charge in [-0.25, -0.2) is 24.9 Å². The first-order valence-corrected chi connectivity index (χ1v) is 9.20. The molecular formula is C17H19N7S. The first-order valence-electron chi connectivity index (χ1n) is 8.32. The van der Waals surface area contributed by atoms with Crippen LogP contribution in [-0.4, -0.2) is 38.0 Å². The number of fused-ring (bicyclic) bond motifs is 1. The fraction of sp³-hybridized carbons (Fsp3) is 0.353. The Balaban J connectivity index is 1.52. The lowest BCUT2D eigenvalue weighted by molar-refractivity contribution is 0.708. The summed E-state index contributed by atoms with van der Waals surface area (Å²) in [4.78, 5) is 22.3. The predicted octanol–water partition coefficient (Wildman–Crippen LogP) is 2.00. The van der Waals surface area contributed by atoms with Gasteiger partial charge in [-0.1, -0.05) is 0 Å². The fourth-order valence-corrected chi connectivity index (χ4v) is 3.65. The number of rotatable bonds is 4. The molecule has 0 fully saturated rings. The predicted molar refractivity (Wildman–Crippen MR) is 97.5 cm³/mol. The van der Waals surface area contributed by atoms with E-state index in [1.165, 1.54) is 5.56 Å². The molecule has 1 aliphatic rings. The molecule has 0 aliphatic carbocycles. The molecule has 3 aromatic rings. The van der Waals surface area contributed by atoms with Crippen LogP contribution in [0, 0.1) is 6.92 Å². The monoisotopic (exact) mass is 353 g/mol. The van der Waals surface area contributed by atoms with Crippen LogP contribution in [0.2, 0.25) is 0 Å². The average Bonchev–Trinajstić information content (AvgIpc) is 2.98. The van der Waals surface area contributed by atoms with Crippen LogP contribution >= 0.6 is 11.3 Å². The number of nitrogens with zero attached hydrogens (tertiary/aromatic N) is 5. The van der Waals surface area contributed by atoms with Gasteiger partial charge in [0.15, 0.2) is 10.8 Å². The standard InChI is InChI=1S/C17H19N7S/c1-11-22-14-4-8-18-7-3-13(14)15(23-11)21-9-12-10-25-17(24-12)16-19-5-2-6-20-16/h2,5-6,10,18H,3-4,7-9H2,1H3,(H,21,22,23). The number of aryl methyl sites for hydroxylation is 1. The van der Waals surface area contributed by atoms with Crippen molar-refractivity contribution in [1.29, 1.82) is 0 Å². The van der Waals surface area contributed by atoms with E-state index < -0.39 is 0 Å². The van der Waals surface area contributed by atoms with Crippen molar-refractivity contribution in [2.75, 3.05) is 18.4 Å². The first-order chi connectivity index (χ1) is 12.3. The highest BCUT2D eigenvalue weighted by Gasteiger charge is 2.16. The van der Waals surface area contributed by atoms with E-state index in [2.05, 4.69) is 35.6 Å². The summed E-state index contributed by atoms with van der Waals surface area (Å²) >= 11 is 1.55. The van der Waals surface area contributed by atoms with E-state index in [1.54, 1.807) is 29.8 Å². The third-order valence-electron chi connectivity index (χ3n) is 4.04. The highest BCUT2D eigenvalue weighted by Crippen LogP contribution is 2.22. The van der Waals surface area contributed by atoms with E-state index in [4.69, 9.17) is 0 Å². The van der Waals surface area contributed by atoms with Crippen LogP contribution < -0.4 is 10.6 Å². The molecule has 0 unspecified atom stereocenters. The minimum atomic E-state index is 0.625. The number of nitrogens with one attached hydrogen (secondary N) is 2. The van der Waals surface area contributed by atoms with Crippen LogP contribution in [0.4, 0.5) is 5.82 Å². The maximum absolute atomic E-state index is 4.62. The molecule has 0 aromatic carbocycles. The van der Waals surface area contributed by atoms with E-state index in [-0.39, 0.29) is 0 Å². The zero-order valence-electron chi connectivity index (χ0n) is 14.0. The van der Waals surface area contributed by atoms with Crippen molar-refractivity contribution in [1.82, 2.24) is 30.2 Å². The van der Waals surface area contributed by atoms with Crippen LogP contribution in [0.1, 0.15) is 22.8 Å². The second-order valence-electron chi connectivity index (χ2n) is 5.86. The van der Waals surface area contributed by atoms with E-state index in [1.807, 2.05) is 12.3 Å². The fourth-order valence-electron chi connectivity index (χ4n) is 2.89. The number of hydrogen-bond donors (Lipinski definition) is 2. The molecule has 4 heterocycles. The van der Waals surface area contributed by atoms with Crippen LogP contribution in [0.3, 0.4) is 0 Å². The Morgan fingerprint density at radius 3 is 2.84 bits per heavy atom. The third kappa shape index (κ3) is 3.64. The van der Waals surface area contributed by atoms with Gasteiger partial charge in [0, 0.05) is 36.3 Å². The van der Waals surface area contributed by atoms with Gasteiger partial charge in [-0.05, 0) is 26.0 Å². The summed E-state index contributed by atoms with van der Waals surface area (Å²) in [5.41, 5.74) is 3.33. The van der Waals surface area contributed by atoms with Gasteiger partial charge in [0.2, 0.25) is 0 Å².